The van der Waals surface area contributed by atoms with Gasteiger partial charge in [-0.05, 0) is 11.6 Å². The zero-order chi connectivity index (χ0) is 9.97. The lowest BCUT2D eigenvalue weighted by atomic mass is 10.0. The Kier molecular flexibility index (Phi) is 2.56. The maximum absolute atomic E-state index is 9.20. The maximum atomic E-state index is 9.20. The van der Waals surface area contributed by atoms with Crippen LogP contribution in [0.3, 0.4) is 0 Å². The number of phenols is 1. The summed E-state index contributed by atoms with van der Waals surface area (Å²) in [5.41, 5.74) is 7.39. The molecule has 14 heavy (non-hydrogen) atoms. The van der Waals surface area contributed by atoms with Gasteiger partial charge in [-0.3, -0.25) is 0 Å². The summed E-state index contributed by atoms with van der Waals surface area (Å²) in [5, 5.41) is 12.5. The van der Waals surface area contributed by atoms with Crippen LogP contribution in [0.1, 0.15) is 11.6 Å². The van der Waals surface area contributed by atoms with Crippen LogP contribution in [0.25, 0.3) is 0 Å². The van der Waals surface area contributed by atoms with Gasteiger partial charge in [0.15, 0.2) is 0 Å². The Morgan fingerprint density at radius 2 is 2.36 bits per heavy atom. The second kappa shape index (κ2) is 3.86. The average Bonchev–Trinajstić information content (AvgIpc) is 2.19. The summed E-state index contributed by atoms with van der Waals surface area (Å²) >= 11 is 0. The van der Waals surface area contributed by atoms with E-state index in [-0.39, 0.29) is 11.8 Å². The molecule has 1 saturated heterocycles. The predicted molar refractivity (Wildman–Crippen MR) is 54.1 cm³/mol. The zero-order valence-corrected chi connectivity index (χ0v) is 7.86. The minimum absolute atomic E-state index is 0.143. The molecule has 0 aliphatic carbocycles. The van der Waals surface area contributed by atoms with E-state index in [1.807, 2.05) is 6.07 Å². The number of hydrogen-bond donors (Lipinski definition) is 3. The second-order valence-corrected chi connectivity index (χ2v) is 3.39. The molecule has 0 radical (unpaired) electrons. The van der Waals surface area contributed by atoms with E-state index in [1.165, 1.54) is 0 Å². The molecule has 1 fully saturated rings. The third-order valence-electron chi connectivity index (χ3n) is 2.37. The number of morpholine rings is 1. The molecule has 4 nitrogen and oxygen atoms in total. The van der Waals surface area contributed by atoms with Gasteiger partial charge in [0.25, 0.3) is 0 Å². The van der Waals surface area contributed by atoms with Crippen LogP contribution in [0.2, 0.25) is 0 Å². The van der Waals surface area contributed by atoms with E-state index in [4.69, 9.17) is 10.5 Å². The number of hydrogen-bond acceptors (Lipinski definition) is 4. The second-order valence-electron chi connectivity index (χ2n) is 3.39. The summed E-state index contributed by atoms with van der Waals surface area (Å²) in [4.78, 5) is 0. The largest absolute Gasteiger partial charge is 0.508 e. The van der Waals surface area contributed by atoms with E-state index in [1.54, 1.807) is 12.1 Å². The highest BCUT2D eigenvalue weighted by Gasteiger charge is 2.17. The molecule has 1 aromatic rings. The SMILES string of the molecule is Nc1cc(O)ccc1[C@@H]1COCCN1. The molecule has 1 heterocycles. The molecule has 1 aromatic carbocycles. The molecule has 0 saturated carbocycles. The smallest absolute Gasteiger partial charge is 0.117 e. The topological polar surface area (TPSA) is 67.5 Å². The Labute approximate surface area is 82.7 Å². The van der Waals surface area contributed by atoms with Crippen LogP contribution in [-0.2, 0) is 4.74 Å². The van der Waals surface area contributed by atoms with Crippen molar-refractivity contribution in [2.24, 2.45) is 0 Å². The quantitative estimate of drug-likeness (QED) is 0.574. The predicted octanol–water partition coefficient (Wildman–Crippen LogP) is 0.635. The molecular formula is C10H14N2O2. The third-order valence-corrected chi connectivity index (χ3v) is 2.37. The van der Waals surface area contributed by atoms with Crippen molar-refractivity contribution in [2.75, 3.05) is 25.5 Å². The van der Waals surface area contributed by atoms with Crippen molar-refractivity contribution < 1.29 is 9.84 Å². The Hall–Kier alpha value is -1.26. The number of ether oxygens (including phenoxy) is 1. The van der Waals surface area contributed by atoms with E-state index < -0.39 is 0 Å². The van der Waals surface area contributed by atoms with Gasteiger partial charge in [0, 0.05) is 18.3 Å². The van der Waals surface area contributed by atoms with E-state index in [9.17, 15) is 5.11 Å². The van der Waals surface area contributed by atoms with Crippen LogP contribution in [0.15, 0.2) is 18.2 Å². The first kappa shape index (κ1) is 9.30. The summed E-state index contributed by atoms with van der Waals surface area (Å²) < 4.78 is 5.34. The molecule has 0 unspecified atom stereocenters. The lowest BCUT2D eigenvalue weighted by Crippen LogP contribution is -2.34. The fourth-order valence-corrected chi connectivity index (χ4v) is 1.64. The third kappa shape index (κ3) is 1.81. The van der Waals surface area contributed by atoms with Gasteiger partial charge in [-0.25, -0.2) is 0 Å². The van der Waals surface area contributed by atoms with Gasteiger partial charge in [0.1, 0.15) is 5.75 Å². The van der Waals surface area contributed by atoms with Crippen LogP contribution in [0.4, 0.5) is 5.69 Å². The van der Waals surface area contributed by atoms with Crippen LogP contribution in [0, 0.1) is 0 Å². The molecule has 4 N–H and O–H groups in total. The van der Waals surface area contributed by atoms with Gasteiger partial charge in [-0.15, -0.1) is 0 Å². The number of anilines is 1. The Morgan fingerprint density at radius 3 is 3.00 bits per heavy atom. The van der Waals surface area contributed by atoms with Crippen molar-refractivity contribution >= 4 is 5.69 Å². The Bertz CT molecular complexity index is 322. The Morgan fingerprint density at radius 1 is 1.50 bits per heavy atom. The summed E-state index contributed by atoms with van der Waals surface area (Å²) in [6.07, 6.45) is 0. The van der Waals surface area contributed by atoms with Gasteiger partial charge >= 0.3 is 0 Å². The van der Waals surface area contributed by atoms with Gasteiger partial charge in [-0.1, -0.05) is 6.07 Å². The van der Waals surface area contributed by atoms with Gasteiger partial charge in [-0.2, -0.15) is 0 Å². The lowest BCUT2D eigenvalue weighted by molar-refractivity contribution is 0.0771. The summed E-state index contributed by atoms with van der Waals surface area (Å²) in [5.74, 6) is 0.197. The molecule has 2 rings (SSSR count). The number of rotatable bonds is 1. The number of nitrogen functional groups attached to an aromatic ring is 1. The van der Waals surface area contributed by atoms with E-state index in [2.05, 4.69) is 5.32 Å². The highest BCUT2D eigenvalue weighted by Crippen LogP contribution is 2.25. The number of aromatic hydroxyl groups is 1. The van der Waals surface area contributed by atoms with Crippen molar-refractivity contribution in [2.45, 2.75) is 6.04 Å². The lowest BCUT2D eigenvalue weighted by Gasteiger charge is -2.25. The van der Waals surface area contributed by atoms with Crippen LogP contribution in [0.5, 0.6) is 5.75 Å². The van der Waals surface area contributed by atoms with Crippen LogP contribution >= 0.6 is 0 Å². The molecule has 1 aliphatic rings. The summed E-state index contributed by atoms with van der Waals surface area (Å²) in [7, 11) is 0. The fourth-order valence-electron chi connectivity index (χ4n) is 1.64. The molecule has 0 amide bonds. The first-order valence-electron chi connectivity index (χ1n) is 4.67. The summed E-state index contributed by atoms with van der Waals surface area (Å²) in [6.45, 7) is 2.22. The van der Waals surface area contributed by atoms with E-state index in [0.717, 1.165) is 18.7 Å². The highest BCUT2D eigenvalue weighted by atomic mass is 16.5. The average molecular weight is 194 g/mol. The van der Waals surface area contributed by atoms with Crippen LogP contribution in [-0.4, -0.2) is 24.9 Å². The first-order chi connectivity index (χ1) is 6.77. The van der Waals surface area contributed by atoms with Crippen molar-refractivity contribution in [3.8, 4) is 5.75 Å². The minimum Gasteiger partial charge on any atom is -0.508 e. The normalized spacial score (nSPS) is 22.1. The number of benzene rings is 1. The molecule has 0 spiro atoms. The standard InChI is InChI=1S/C10H14N2O2/c11-9-5-7(13)1-2-8(9)10-6-14-4-3-12-10/h1-2,5,10,12-13H,3-4,6,11H2/t10-/m0/s1. The van der Waals surface area contributed by atoms with Crippen LogP contribution < -0.4 is 11.1 Å². The highest BCUT2D eigenvalue weighted by molar-refractivity contribution is 5.52. The molecule has 0 aromatic heterocycles. The maximum Gasteiger partial charge on any atom is 0.117 e. The molecule has 0 bridgehead atoms. The minimum atomic E-state index is 0.143. The van der Waals surface area contributed by atoms with E-state index >= 15 is 0 Å². The zero-order valence-electron chi connectivity index (χ0n) is 7.86. The first-order valence-corrected chi connectivity index (χ1v) is 4.67. The van der Waals surface area contributed by atoms with Crippen molar-refractivity contribution in [3.05, 3.63) is 23.8 Å². The molecule has 4 heteroatoms. The number of phenolic OH excluding ortho intramolecular Hbond substituents is 1. The molecule has 1 aliphatic heterocycles. The van der Waals surface area contributed by atoms with Crippen molar-refractivity contribution in [1.29, 1.82) is 0 Å². The Balaban J connectivity index is 2.22. The molecular weight excluding hydrogens is 180 g/mol. The van der Waals surface area contributed by atoms with Gasteiger partial charge < -0.3 is 20.9 Å². The van der Waals surface area contributed by atoms with Gasteiger partial charge in [0.05, 0.1) is 19.3 Å². The fraction of sp³-hybridized carbons (Fsp3) is 0.400. The monoisotopic (exact) mass is 194 g/mol. The van der Waals surface area contributed by atoms with Gasteiger partial charge in [0.2, 0.25) is 0 Å². The summed E-state index contributed by atoms with van der Waals surface area (Å²) in [6, 6.07) is 5.18. The number of nitrogens with two attached hydrogens (primary N) is 1. The van der Waals surface area contributed by atoms with Crippen molar-refractivity contribution in [1.82, 2.24) is 5.32 Å². The molecule has 76 valence electrons. The van der Waals surface area contributed by atoms with E-state index in [0.29, 0.717) is 12.3 Å². The molecule has 1 atom stereocenters. The number of nitrogens with one attached hydrogen (secondary N) is 1. The van der Waals surface area contributed by atoms with Crippen molar-refractivity contribution in [3.63, 3.8) is 0 Å².